The third kappa shape index (κ3) is 4.28. The molecule has 8 nitrogen and oxygen atoms in total. The van der Waals surface area contributed by atoms with Crippen LogP contribution in [0.1, 0.15) is 25.5 Å². The maximum absolute atomic E-state index is 12.9. The predicted molar refractivity (Wildman–Crippen MR) is 109 cm³/mol. The summed E-state index contributed by atoms with van der Waals surface area (Å²) in [6.45, 7) is 1.45. The van der Waals surface area contributed by atoms with E-state index in [0.717, 1.165) is 29.8 Å². The van der Waals surface area contributed by atoms with Crippen LogP contribution in [0.4, 0.5) is 18.9 Å². The molecule has 13 heteroatoms. The number of nitrogens with zero attached hydrogens (tertiary/aromatic N) is 5. The second-order valence-corrected chi connectivity index (χ2v) is 12.1. The number of pyridine rings is 2. The molecule has 1 fully saturated rings. The number of aromatic nitrogens is 4. The summed E-state index contributed by atoms with van der Waals surface area (Å²) in [4.78, 5) is 7.34. The van der Waals surface area contributed by atoms with Gasteiger partial charge in [-0.05, 0) is 25.0 Å². The molecule has 0 aromatic carbocycles. The Kier molecular flexibility index (Phi) is 5.08. The van der Waals surface area contributed by atoms with Crippen molar-refractivity contribution in [2.45, 2.75) is 36.1 Å². The fourth-order valence-electron chi connectivity index (χ4n) is 3.00. The zero-order valence-corrected chi connectivity index (χ0v) is 18.1. The molecule has 1 aliphatic carbocycles. The number of hydrogen-bond donors (Lipinski definition) is 0. The van der Waals surface area contributed by atoms with E-state index in [2.05, 4.69) is 19.4 Å². The van der Waals surface area contributed by atoms with Gasteiger partial charge in [-0.2, -0.15) is 22.6 Å². The van der Waals surface area contributed by atoms with E-state index in [0.29, 0.717) is 0 Å². The fraction of sp³-hybridized carbons (Fsp3) is 0.389. The molecule has 0 aliphatic heterocycles. The van der Waals surface area contributed by atoms with Crippen molar-refractivity contribution in [1.82, 2.24) is 19.7 Å². The van der Waals surface area contributed by atoms with Crippen LogP contribution in [-0.2, 0) is 25.7 Å². The molecule has 0 bridgehead atoms. The number of rotatable bonds is 5. The Morgan fingerprint density at radius 2 is 1.87 bits per heavy atom. The second kappa shape index (κ2) is 7.26. The molecule has 1 atom stereocenters. The lowest BCUT2D eigenvalue weighted by Gasteiger charge is -2.10. The second-order valence-electron chi connectivity index (χ2n) is 7.27. The molecule has 0 N–H and O–H groups in total. The maximum Gasteiger partial charge on any atom is 0.433 e. The van der Waals surface area contributed by atoms with Gasteiger partial charge < -0.3 is 0 Å². The lowest BCUT2D eigenvalue weighted by Crippen LogP contribution is -2.11. The lowest BCUT2D eigenvalue weighted by molar-refractivity contribution is -0.141. The van der Waals surface area contributed by atoms with Gasteiger partial charge in [-0.15, -0.1) is 0 Å². The van der Waals surface area contributed by atoms with E-state index in [9.17, 15) is 25.8 Å². The summed E-state index contributed by atoms with van der Waals surface area (Å²) in [6.07, 6.45) is 2.14. The zero-order chi connectivity index (χ0) is 22.6. The summed E-state index contributed by atoms with van der Waals surface area (Å²) < 4.78 is 82.2. The van der Waals surface area contributed by atoms with E-state index < -0.39 is 31.4 Å². The average molecular weight is 474 g/mol. The first-order valence-electron chi connectivity index (χ1n) is 9.27. The number of hydrogen-bond acceptors (Lipinski definition) is 7. The van der Waals surface area contributed by atoms with Gasteiger partial charge in [0.15, 0.2) is 15.7 Å². The van der Waals surface area contributed by atoms with E-state index in [1.54, 1.807) is 0 Å². The van der Waals surface area contributed by atoms with Crippen LogP contribution in [0.5, 0.6) is 0 Å². The quantitative estimate of drug-likeness (QED) is 0.561. The maximum atomic E-state index is 12.9. The highest BCUT2D eigenvalue weighted by Gasteiger charge is 2.33. The van der Waals surface area contributed by atoms with Gasteiger partial charge in [0.05, 0.1) is 32.9 Å². The van der Waals surface area contributed by atoms with Crippen LogP contribution in [0.25, 0.3) is 16.7 Å². The highest BCUT2D eigenvalue weighted by atomic mass is 32.2. The van der Waals surface area contributed by atoms with Gasteiger partial charge in [-0.1, -0.05) is 6.92 Å². The molecule has 0 amide bonds. The Bertz CT molecular complexity index is 1400. The molecule has 31 heavy (non-hydrogen) atoms. The van der Waals surface area contributed by atoms with E-state index in [-0.39, 0.29) is 38.3 Å². The number of fused-ring (bicyclic) bond motifs is 1. The van der Waals surface area contributed by atoms with Gasteiger partial charge in [0.1, 0.15) is 10.6 Å². The molecule has 0 radical (unpaired) electrons. The van der Waals surface area contributed by atoms with Crippen LogP contribution in [-0.4, -0.2) is 49.6 Å². The van der Waals surface area contributed by atoms with Gasteiger partial charge in [-0.3, -0.25) is 4.98 Å². The number of sulfone groups is 1. The minimum absolute atomic E-state index is 0.0111. The fourth-order valence-corrected chi connectivity index (χ4v) is 5.72. The largest absolute Gasteiger partial charge is 0.433 e. The smallest absolute Gasteiger partial charge is 0.251 e. The van der Waals surface area contributed by atoms with Gasteiger partial charge >= 0.3 is 6.18 Å². The summed E-state index contributed by atoms with van der Waals surface area (Å²) in [7, 11) is -6.32. The van der Waals surface area contributed by atoms with Crippen LogP contribution in [0, 0.1) is 0 Å². The van der Waals surface area contributed by atoms with Crippen LogP contribution >= 0.6 is 0 Å². The SMILES string of the molecule is CCS(=O)(=O)c1cc(N=S(C)(=O)C2CC2)cnc1-n1cc2cnc(C(F)(F)F)cc2n1. The topological polar surface area (TPSA) is 107 Å². The van der Waals surface area contributed by atoms with E-state index >= 15 is 0 Å². The van der Waals surface area contributed by atoms with Gasteiger partial charge in [0.25, 0.3) is 0 Å². The van der Waals surface area contributed by atoms with Crippen LogP contribution in [0.2, 0.25) is 0 Å². The average Bonchev–Trinajstić information content (AvgIpc) is 3.47. The number of alkyl halides is 3. The van der Waals surface area contributed by atoms with Gasteiger partial charge in [0, 0.05) is 29.3 Å². The minimum Gasteiger partial charge on any atom is -0.251 e. The molecule has 1 aliphatic rings. The molecule has 0 spiro atoms. The molecular weight excluding hydrogens is 455 g/mol. The highest BCUT2D eigenvalue weighted by molar-refractivity contribution is 7.94. The molecule has 166 valence electrons. The van der Waals surface area contributed by atoms with E-state index in [4.69, 9.17) is 0 Å². The Balaban J connectivity index is 1.87. The molecular formula is C18H18F3N5O3S2. The number of halogens is 3. The summed E-state index contributed by atoms with van der Waals surface area (Å²) in [5.74, 6) is -0.324. The standard InChI is InChI=1S/C18H18F3N5O3S2/c1-3-31(28,29)15-6-12(25-30(2,27)13-4-5-13)9-23-17(15)26-10-11-8-22-16(18(19,20)21)7-14(11)24-26/h6-10,13H,3-5H2,1-2H3. The van der Waals surface area contributed by atoms with Gasteiger partial charge in [-0.25, -0.2) is 22.3 Å². The summed E-state index contributed by atoms with van der Waals surface area (Å²) in [6, 6.07) is 2.06. The summed E-state index contributed by atoms with van der Waals surface area (Å²) in [5.41, 5.74) is -0.956. The zero-order valence-electron chi connectivity index (χ0n) is 16.5. The van der Waals surface area contributed by atoms with Crippen molar-refractivity contribution in [3.63, 3.8) is 0 Å². The van der Waals surface area contributed by atoms with E-state index in [1.165, 1.54) is 31.6 Å². The monoisotopic (exact) mass is 473 g/mol. The van der Waals surface area contributed by atoms with Crippen LogP contribution < -0.4 is 0 Å². The first kappa shape index (κ1) is 21.7. The molecule has 0 saturated heterocycles. The Labute approximate surface area is 176 Å². The Morgan fingerprint density at radius 3 is 2.48 bits per heavy atom. The van der Waals surface area contributed by atoms with Crippen molar-refractivity contribution in [3.8, 4) is 5.82 Å². The van der Waals surface area contributed by atoms with Crippen molar-refractivity contribution >= 4 is 36.2 Å². The molecule has 1 unspecified atom stereocenters. The normalized spacial score (nSPS) is 16.9. The van der Waals surface area contributed by atoms with Crippen LogP contribution in [0.3, 0.4) is 0 Å². The van der Waals surface area contributed by atoms with Crippen molar-refractivity contribution in [1.29, 1.82) is 0 Å². The van der Waals surface area contributed by atoms with Crippen molar-refractivity contribution < 1.29 is 25.8 Å². The van der Waals surface area contributed by atoms with Crippen molar-refractivity contribution in [2.75, 3.05) is 12.0 Å². The van der Waals surface area contributed by atoms with Crippen molar-refractivity contribution in [2.24, 2.45) is 4.36 Å². The summed E-state index contributed by atoms with van der Waals surface area (Å²) >= 11 is 0. The summed E-state index contributed by atoms with van der Waals surface area (Å²) in [5, 5.41) is 4.33. The van der Waals surface area contributed by atoms with Crippen molar-refractivity contribution in [3.05, 3.63) is 36.4 Å². The Morgan fingerprint density at radius 1 is 1.16 bits per heavy atom. The third-order valence-electron chi connectivity index (χ3n) is 4.86. The highest BCUT2D eigenvalue weighted by Crippen LogP contribution is 2.33. The lowest BCUT2D eigenvalue weighted by atomic mass is 10.3. The first-order valence-corrected chi connectivity index (χ1v) is 12.9. The van der Waals surface area contributed by atoms with E-state index in [1.807, 2.05) is 0 Å². The molecule has 3 heterocycles. The molecule has 1 saturated carbocycles. The van der Waals surface area contributed by atoms with Crippen LogP contribution in [0.15, 0.2) is 40.0 Å². The Hall–Kier alpha value is -2.54. The molecule has 4 rings (SSSR count). The first-order chi connectivity index (χ1) is 14.4. The third-order valence-corrected chi connectivity index (χ3v) is 8.87. The van der Waals surface area contributed by atoms with Gasteiger partial charge in [0.2, 0.25) is 0 Å². The molecule has 3 aromatic heterocycles. The predicted octanol–water partition coefficient (Wildman–Crippen LogP) is 3.52. The molecule has 3 aromatic rings. The minimum atomic E-state index is -4.63.